The average Bonchev–Trinajstić information content (AvgIpc) is 3.05. The number of hydrogen-bond acceptors (Lipinski definition) is 7. The van der Waals surface area contributed by atoms with Crippen LogP contribution in [-0.2, 0) is 0 Å². The monoisotopic (exact) mass is 342 g/mol. The molecule has 1 aliphatic heterocycles. The van der Waals surface area contributed by atoms with Gasteiger partial charge in [-0.2, -0.15) is 5.26 Å². The minimum Gasteiger partial charge on any atom is -0.307 e. The number of thioether (sulfide) groups is 4. The molecule has 0 fully saturated rings. The van der Waals surface area contributed by atoms with Crippen LogP contribution in [0.2, 0.25) is 0 Å². The molecule has 0 saturated heterocycles. The van der Waals surface area contributed by atoms with Gasteiger partial charge < -0.3 is 5.41 Å². The lowest BCUT2D eigenvalue weighted by molar-refractivity contribution is 1.53. The minimum atomic E-state index is 0.424. The van der Waals surface area contributed by atoms with E-state index in [0.717, 1.165) is 10.7 Å². The predicted molar refractivity (Wildman–Crippen MR) is 94.0 cm³/mol. The Morgan fingerprint density at radius 2 is 1.89 bits per heavy atom. The second-order valence-electron chi connectivity index (χ2n) is 3.31. The van der Waals surface area contributed by atoms with E-state index in [2.05, 4.69) is 18.6 Å². The van der Waals surface area contributed by atoms with Gasteiger partial charge >= 0.3 is 0 Å². The smallest absolute Gasteiger partial charge is 0.102 e. The summed E-state index contributed by atoms with van der Waals surface area (Å²) in [5.41, 5.74) is 0.424. The third-order valence-electron chi connectivity index (χ3n) is 2.25. The van der Waals surface area contributed by atoms with Gasteiger partial charge in [0.15, 0.2) is 0 Å². The molecule has 7 heteroatoms. The quantitative estimate of drug-likeness (QED) is 0.852. The van der Waals surface area contributed by atoms with Crippen molar-refractivity contribution in [1.29, 1.82) is 10.7 Å². The minimum absolute atomic E-state index is 0.424. The van der Waals surface area contributed by atoms with Gasteiger partial charge in [0.25, 0.3) is 0 Å². The van der Waals surface area contributed by atoms with Crippen LogP contribution >= 0.6 is 58.4 Å². The molecule has 1 aromatic rings. The second-order valence-corrected chi connectivity index (χ2v) is 8.84. The summed E-state index contributed by atoms with van der Waals surface area (Å²) in [6.07, 6.45) is 5.31. The number of nitriles is 1. The molecule has 1 aromatic heterocycles. The van der Waals surface area contributed by atoms with Crippen LogP contribution in [-0.4, -0.2) is 18.7 Å². The molecule has 2 heterocycles. The summed E-state index contributed by atoms with van der Waals surface area (Å²) in [6.45, 7) is 0. The van der Waals surface area contributed by atoms with Crippen molar-refractivity contribution in [2.75, 3.05) is 12.5 Å². The maximum atomic E-state index is 8.95. The molecular weight excluding hydrogens is 332 g/mol. The Bertz CT molecular complexity index is 674. The van der Waals surface area contributed by atoms with Crippen molar-refractivity contribution < 1.29 is 0 Å². The average molecular weight is 343 g/mol. The lowest BCUT2D eigenvalue weighted by Gasteiger charge is -1.94. The zero-order chi connectivity index (χ0) is 13.8. The summed E-state index contributed by atoms with van der Waals surface area (Å²) >= 11 is 8.73. The van der Waals surface area contributed by atoms with Crippen molar-refractivity contribution in [3.63, 3.8) is 0 Å². The van der Waals surface area contributed by atoms with Crippen molar-refractivity contribution >= 4 is 74.4 Å². The van der Waals surface area contributed by atoms with Crippen molar-refractivity contribution in [3.8, 4) is 6.07 Å². The highest BCUT2D eigenvalue weighted by molar-refractivity contribution is 8.45. The molecular formula is C12H10N2S5. The SMILES string of the molecule is CSC1=C(SC)SC(=c2cc/c(=C(/C#N)C=N)s2)S1. The van der Waals surface area contributed by atoms with Crippen LogP contribution in [0.15, 0.2) is 20.6 Å². The number of nitrogens with one attached hydrogen (secondary N) is 1. The Kier molecular flexibility index (Phi) is 5.54. The highest BCUT2D eigenvalue weighted by Gasteiger charge is 2.20. The van der Waals surface area contributed by atoms with Crippen LogP contribution < -0.4 is 9.06 Å². The molecule has 0 unspecified atom stereocenters. The van der Waals surface area contributed by atoms with Crippen molar-refractivity contribution in [3.05, 3.63) is 29.7 Å². The molecule has 0 atom stereocenters. The maximum absolute atomic E-state index is 8.95. The lowest BCUT2D eigenvalue weighted by atomic mass is 10.3. The van der Waals surface area contributed by atoms with E-state index in [1.165, 1.54) is 17.2 Å². The zero-order valence-electron chi connectivity index (χ0n) is 10.2. The van der Waals surface area contributed by atoms with Gasteiger partial charge in [0.2, 0.25) is 0 Å². The molecule has 2 rings (SSSR count). The molecule has 0 aromatic carbocycles. The second kappa shape index (κ2) is 6.95. The standard InChI is InChI=1S/C12H10N2S5/c1-15-11-12(16-2)19-10(18-11)9-4-3-8(17-9)7(5-13)6-14/h3-5,13H,1-2H3/b8-7-,13-5?. The van der Waals surface area contributed by atoms with Crippen molar-refractivity contribution in [2.24, 2.45) is 0 Å². The van der Waals surface area contributed by atoms with Crippen LogP contribution in [0.1, 0.15) is 0 Å². The van der Waals surface area contributed by atoms with Gasteiger partial charge in [0, 0.05) is 15.3 Å². The van der Waals surface area contributed by atoms with E-state index in [1.54, 1.807) is 58.4 Å². The molecule has 0 spiro atoms. The van der Waals surface area contributed by atoms with Crippen LogP contribution in [0.4, 0.5) is 0 Å². The van der Waals surface area contributed by atoms with Gasteiger partial charge in [0.05, 0.1) is 18.3 Å². The summed E-state index contributed by atoms with van der Waals surface area (Å²) < 4.78 is 6.00. The predicted octanol–water partition coefficient (Wildman–Crippen LogP) is 3.47. The van der Waals surface area contributed by atoms with Gasteiger partial charge in [0.1, 0.15) is 6.07 Å². The Labute approximate surface area is 132 Å². The molecule has 0 saturated carbocycles. The Morgan fingerprint density at radius 3 is 2.37 bits per heavy atom. The summed E-state index contributed by atoms with van der Waals surface area (Å²) in [4.78, 5) is 0. The van der Waals surface area contributed by atoms with Gasteiger partial charge in [-0.05, 0) is 24.6 Å². The van der Waals surface area contributed by atoms with E-state index in [9.17, 15) is 0 Å². The van der Waals surface area contributed by atoms with E-state index in [0.29, 0.717) is 5.57 Å². The summed E-state index contributed by atoms with van der Waals surface area (Å²) in [7, 11) is 0. The summed E-state index contributed by atoms with van der Waals surface area (Å²) in [5, 5.41) is 16.2. The Morgan fingerprint density at radius 1 is 1.26 bits per heavy atom. The number of nitrogens with zero attached hydrogens (tertiary/aromatic N) is 1. The normalized spacial score (nSPS) is 16.6. The molecule has 0 bridgehead atoms. The lowest BCUT2D eigenvalue weighted by Crippen LogP contribution is -1.99. The first-order valence-corrected chi connectivity index (χ1v) is 10.1. The first-order chi connectivity index (χ1) is 9.23. The highest BCUT2D eigenvalue weighted by atomic mass is 32.3. The maximum Gasteiger partial charge on any atom is 0.102 e. The fraction of sp³-hybridized carbons (Fsp3) is 0.167. The highest BCUT2D eigenvalue weighted by Crippen LogP contribution is 2.56. The van der Waals surface area contributed by atoms with Crippen molar-refractivity contribution in [1.82, 2.24) is 0 Å². The van der Waals surface area contributed by atoms with Crippen molar-refractivity contribution in [2.45, 2.75) is 0 Å². The topological polar surface area (TPSA) is 47.6 Å². The number of thiophene rings is 1. The third-order valence-corrected chi connectivity index (χ3v) is 8.90. The van der Waals surface area contributed by atoms with E-state index >= 15 is 0 Å². The molecule has 0 amide bonds. The molecule has 98 valence electrons. The Balaban J connectivity index is 2.46. The first-order valence-electron chi connectivity index (χ1n) is 5.16. The van der Waals surface area contributed by atoms with Crippen LogP contribution in [0.3, 0.4) is 0 Å². The van der Waals surface area contributed by atoms with Gasteiger partial charge in [-0.1, -0.05) is 23.5 Å². The van der Waals surface area contributed by atoms with Gasteiger partial charge in [-0.15, -0.1) is 34.9 Å². The van der Waals surface area contributed by atoms with Gasteiger partial charge in [-0.25, -0.2) is 0 Å². The van der Waals surface area contributed by atoms with E-state index in [1.807, 2.05) is 12.1 Å². The van der Waals surface area contributed by atoms with Crippen LogP contribution in [0.25, 0.3) is 9.81 Å². The zero-order valence-corrected chi connectivity index (χ0v) is 14.3. The molecule has 1 aliphatic rings. The van der Waals surface area contributed by atoms with E-state index in [4.69, 9.17) is 10.7 Å². The summed E-state index contributed by atoms with van der Waals surface area (Å²) in [6, 6.07) is 6.02. The Hall–Kier alpha value is -0.260. The molecule has 1 N–H and O–H groups in total. The van der Waals surface area contributed by atoms with E-state index < -0.39 is 0 Å². The molecule has 0 radical (unpaired) electrons. The fourth-order valence-electron chi connectivity index (χ4n) is 1.37. The van der Waals surface area contributed by atoms with Crippen LogP contribution in [0, 0.1) is 16.7 Å². The fourth-order valence-corrected chi connectivity index (χ4v) is 7.50. The molecule has 2 nitrogen and oxygen atoms in total. The third kappa shape index (κ3) is 3.26. The van der Waals surface area contributed by atoms with E-state index in [-0.39, 0.29) is 0 Å². The molecule has 19 heavy (non-hydrogen) atoms. The summed E-state index contributed by atoms with van der Waals surface area (Å²) in [5.74, 6) is 0. The molecule has 0 aliphatic carbocycles. The number of rotatable bonds is 3. The van der Waals surface area contributed by atoms with Crippen LogP contribution in [0.5, 0.6) is 0 Å². The largest absolute Gasteiger partial charge is 0.307 e. The number of hydrogen-bond donors (Lipinski definition) is 1. The van der Waals surface area contributed by atoms with Gasteiger partial charge in [-0.3, -0.25) is 0 Å². The first kappa shape index (κ1) is 15.1.